The van der Waals surface area contributed by atoms with E-state index in [0.29, 0.717) is 5.56 Å². The highest BCUT2D eigenvalue weighted by Gasteiger charge is 2.64. The van der Waals surface area contributed by atoms with E-state index in [1.807, 2.05) is 36.4 Å². The first-order valence-electron chi connectivity index (χ1n) is 9.79. The van der Waals surface area contributed by atoms with E-state index in [1.54, 1.807) is 11.8 Å². The van der Waals surface area contributed by atoms with Crippen LogP contribution in [0.5, 0.6) is 0 Å². The number of nitrogens with two attached hydrogens (primary N) is 1. The number of nitrogens with zero attached hydrogens (tertiary/aromatic N) is 3. The van der Waals surface area contributed by atoms with Crippen molar-refractivity contribution < 1.29 is 19.3 Å². The number of primary amides is 1. The maximum absolute atomic E-state index is 13.5. The molecular weight excluding hydrogens is 400 g/mol. The van der Waals surface area contributed by atoms with Gasteiger partial charge in [-0.05, 0) is 24.1 Å². The van der Waals surface area contributed by atoms with Crippen LogP contribution in [0.15, 0.2) is 48.5 Å². The molecule has 3 aliphatic heterocycles. The zero-order chi connectivity index (χ0) is 22.0. The maximum atomic E-state index is 13.5. The summed E-state index contributed by atoms with van der Waals surface area (Å²) in [5.74, 6) is -3.52. The molecule has 0 aromatic heterocycles. The summed E-state index contributed by atoms with van der Waals surface area (Å²) in [7, 11) is 0. The molecule has 3 aliphatic rings. The molecule has 0 bridgehead atoms. The Balaban J connectivity index is 1.63. The number of amides is 3. The molecule has 156 valence electrons. The topological polar surface area (TPSA) is 127 Å². The van der Waals surface area contributed by atoms with Gasteiger partial charge in [0.2, 0.25) is 17.7 Å². The lowest BCUT2D eigenvalue weighted by atomic mass is 9.88. The van der Waals surface area contributed by atoms with Gasteiger partial charge in [0, 0.05) is 17.8 Å². The van der Waals surface area contributed by atoms with E-state index in [4.69, 9.17) is 5.73 Å². The number of hydrogen-bond donors (Lipinski definition) is 1. The van der Waals surface area contributed by atoms with Gasteiger partial charge in [0.25, 0.3) is 5.69 Å². The molecule has 0 aliphatic carbocycles. The molecule has 2 aromatic rings. The Kier molecular flexibility index (Phi) is 3.98. The molecule has 3 heterocycles. The highest BCUT2D eigenvalue weighted by molar-refractivity contribution is 6.25. The van der Waals surface area contributed by atoms with Crippen molar-refractivity contribution >= 4 is 40.9 Å². The molecular formula is C22H18N4O5. The predicted molar refractivity (Wildman–Crippen MR) is 112 cm³/mol. The quantitative estimate of drug-likeness (QED) is 0.460. The van der Waals surface area contributed by atoms with Crippen LogP contribution in [0.2, 0.25) is 0 Å². The van der Waals surface area contributed by atoms with Crippen LogP contribution in [-0.4, -0.2) is 34.7 Å². The van der Waals surface area contributed by atoms with E-state index < -0.39 is 46.6 Å². The van der Waals surface area contributed by atoms with Gasteiger partial charge in [-0.3, -0.25) is 24.5 Å². The second-order valence-corrected chi connectivity index (χ2v) is 7.95. The van der Waals surface area contributed by atoms with Crippen LogP contribution < -0.4 is 15.5 Å². The van der Waals surface area contributed by atoms with E-state index in [1.165, 1.54) is 18.2 Å². The molecule has 2 aromatic carbocycles. The Bertz CT molecular complexity index is 1210. The minimum Gasteiger partial charge on any atom is -0.368 e. The molecule has 2 fully saturated rings. The summed E-state index contributed by atoms with van der Waals surface area (Å²) in [4.78, 5) is 52.9. The average Bonchev–Trinajstić information content (AvgIpc) is 3.22. The Hall–Kier alpha value is -4.01. The molecule has 0 radical (unpaired) electrons. The number of imide groups is 1. The Morgan fingerprint density at radius 3 is 2.48 bits per heavy atom. The lowest BCUT2D eigenvalue weighted by Crippen LogP contribution is -2.51. The number of aryl methyl sites for hydroxylation is 1. The summed E-state index contributed by atoms with van der Waals surface area (Å²) < 4.78 is 0. The van der Waals surface area contributed by atoms with E-state index in [9.17, 15) is 24.5 Å². The van der Waals surface area contributed by atoms with Crippen molar-refractivity contribution in [3.63, 3.8) is 0 Å². The summed E-state index contributed by atoms with van der Waals surface area (Å²) in [5, 5.41) is 11.2. The number of anilines is 2. The largest absolute Gasteiger partial charge is 0.368 e. The van der Waals surface area contributed by atoms with Crippen molar-refractivity contribution in [2.45, 2.75) is 19.0 Å². The summed E-state index contributed by atoms with van der Waals surface area (Å²) in [5.41, 5.74) is 7.82. The van der Waals surface area contributed by atoms with Crippen molar-refractivity contribution in [2.24, 2.45) is 17.6 Å². The van der Waals surface area contributed by atoms with Gasteiger partial charge < -0.3 is 10.6 Å². The first-order valence-corrected chi connectivity index (χ1v) is 9.79. The first kappa shape index (κ1) is 19.0. The summed E-state index contributed by atoms with van der Waals surface area (Å²) in [6.45, 7) is 1.67. The zero-order valence-corrected chi connectivity index (χ0v) is 16.5. The molecule has 31 heavy (non-hydrogen) atoms. The maximum Gasteiger partial charge on any atom is 0.271 e. The summed E-state index contributed by atoms with van der Waals surface area (Å²) in [6, 6.07) is 9.92. The number of nitro groups is 1. The molecule has 3 amide bonds. The standard InChI is InChI=1S/C22H18N4O5/c1-11-6-8-13(26(30)31)10-16(11)25-21(28)17-15-9-7-12-4-2-3-5-14(12)24(15)19(20(23)27)18(17)22(25)29/h2-10,15,17-19H,1H3,(H2,23,27)/t15-,17+,18+,19-/m1/s1. The van der Waals surface area contributed by atoms with Crippen LogP contribution in [0.4, 0.5) is 17.1 Å². The Morgan fingerprint density at radius 1 is 1.06 bits per heavy atom. The third kappa shape index (κ3) is 2.52. The predicted octanol–water partition coefficient (Wildman–Crippen LogP) is 1.78. The molecule has 0 spiro atoms. The van der Waals surface area contributed by atoms with Gasteiger partial charge in [0.15, 0.2) is 0 Å². The highest BCUT2D eigenvalue weighted by atomic mass is 16.6. The number of fused-ring (bicyclic) bond motifs is 5. The SMILES string of the molecule is Cc1ccc([N+](=O)[O-])cc1N1C(=O)[C@@H]2[C@H](C1=O)[C@H](C(N)=O)N1c3ccccc3C=C[C@H]21. The number of benzene rings is 2. The van der Waals surface area contributed by atoms with E-state index >= 15 is 0 Å². The van der Waals surface area contributed by atoms with Crippen LogP contribution in [0, 0.1) is 28.9 Å². The second-order valence-electron chi connectivity index (χ2n) is 7.95. The van der Waals surface area contributed by atoms with Gasteiger partial charge in [-0.2, -0.15) is 0 Å². The number of nitro benzene ring substituents is 1. The molecule has 2 N–H and O–H groups in total. The van der Waals surface area contributed by atoms with Crippen LogP contribution in [-0.2, 0) is 14.4 Å². The number of para-hydroxylation sites is 1. The van der Waals surface area contributed by atoms with Crippen molar-refractivity contribution in [3.05, 3.63) is 69.8 Å². The molecule has 0 saturated carbocycles. The van der Waals surface area contributed by atoms with Gasteiger partial charge in [-0.15, -0.1) is 0 Å². The molecule has 9 nitrogen and oxygen atoms in total. The van der Waals surface area contributed by atoms with Gasteiger partial charge in [-0.1, -0.05) is 36.4 Å². The van der Waals surface area contributed by atoms with Crippen molar-refractivity contribution in [1.82, 2.24) is 0 Å². The Morgan fingerprint density at radius 2 is 1.77 bits per heavy atom. The lowest BCUT2D eigenvalue weighted by Gasteiger charge is -2.36. The van der Waals surface area contributed by atoms with Gasteiger partial charge in [-0.25, -0.2) is 4.90 Å². The van der Waals surface area contributed by atoms with Crippen molar-refractivity contribution in [1.29, 1.82) is 0 Å². The first-order chi connectivity index (χ1) is 14.8. The molecule has 4 atom stereocenters. The van der Waals surface area contributed by atoms with Gasteiger partial charge in [0.05, 0.1) is 28.5 Å². The minimum absolute atomic E-state index is 0.161. The monoisotopic (exact) mass is 418 g/mol. The van der Waals surface area contributed by atoms with Gasteiger partial charge in [0.1, 0.15) is 6.04 Å². The molecule has 2 saturated heterocycles. The van der Waals surface area contributed by atoms with Crippen LogP contribution in [0.1, 0.15) is 11.1 Å². The van der Waals surface area contributed by atoms with Crippen LogP contribution in [0.3, 0.4) is 0 Å². The minimum atomic E-state index is -0.999. The highest BCUT2D eigenvalue weighted by Crippen LogP contribution is 2.49. The fourth-order valence-corrected chi connectivity index (χ4v) is 5.03. The summed E-state index contributed by atoms with van der Waals surface area (Å²) >= 11 is 0. The number of non-ortho nitro benzene ring substituents is 1. The lowest BCUT2D eigenvalue weighted by molar-refractivity contribution is -0.384. The third-order valence-electron chi connectivity index (χ3n) is 6.35. The van der Waals surface area contributed by atoms with E-state index in [-0.39, 0.29) is 11.4 Å². The van der Waals surface area contributed by atoms with E-state index in [2.05, 4.69) is 0 Å². The normalized spacial score (nSPS) is 26.0. The van der Waals surface area contributed by atoms with Crippen LogP contribution in [0.25, 0.3) is 6.08 Å². The molecule has 0 unspecified atom stereocenters. The number of rotatable bonds is 3. The second kappa shape index (κ2) is 6.49. The average molecular weight is 418 g/mol. The fraction of sp³-hybridized carbons (Fsp3) is 0.227. The van der Waals surface area contributed by atoms with Gasteiger partial charge >= 0.3 is 0 Å². The number of carbonyl (C=O) groups is 3. The van der Waals surface area contributed by atoms with Crippen molar-refractivity contribution in [2.75, 3.05) is 9.80 Å². The van der Waals surface area contributed by atoms with Crippen LogP contribution >= 0.6 is 0 Å². The number of hydrogen-bond acceptors (Lipinski definition) is 6. The molecule has 9 heteroatoms. The zero-order valence-electron chi connectivity index (χ0n) is 16.5. The van der Waals surface area contributed by atoms with E-state index in [0.717, 1.165) is 16.2 Å². The smallest absolute Gasteiger partial charge is 0.271 e. The molecule has 5 rings (SSSR count). The van der Waals surface area contributed by atoms with Crippen molar-refractivity contribution in [3.8, 4) is 0 Å². The Labute approximate surface area is 176 Å². The number of carbonyl (C=O) groups excluding carboxylic acids is 3. The fourth-order valence-electron chi connectivity index (χ4n) is 5.03. The summed E-state index contributed by atoms with van der Waals surface area (Å²) in [6.07, 6.45) is 3.69. The third-order valence-corrected chi connectivity index (χ3v) is 6.35.